The van der Waals surface area contributed by atoms with Gasteiger partial charge in [0.25, 0.3) is 0 Å². The van der Waals surface area contributed by atoms with E-state index in [1.807, 2.05) is 6.08 Å². The van der Waals surface area contributed by atoms with Crippen LogP contribution in [0.4, 0.5) is 0 Å². The van der Waals surface area contributed by atoms with E-state index in [1.54, 1.807) is 13.8 Å². The zero-order chi connectivity index (χ0) is 15.8. The lowest BCUT2D eigenvalue weighted by Gasteiger charge is -2.32. The highest BCUT2D eigenvalue weighted by molar-refractivity contribution is 5.80. The molecule has 2 aliphatic rings. The lowest BCUT2D eigenvalue weighted by Crippen LogP contribution is -2.53. The van der Waals surface area contributed by atoms with Crippen LogP contribution in [-0.2, 0) is 9.53 Å². The van der Waals surface area contributed by atoms with E-state index < -0.39 is 29.7 Å². The summed E-state index contributed by atoms with van der Waals surface area (Å²) in [6.07, 6.45) is 1.03. The molecule has 6 heteroatoms. The van der Waals surface area contributed by atoms with Gasteiger partial charge in [-0.3, -0.25) is 4.90 Å². The standard InChI is InChI=1S/C15H25NO5/c1-9(2)15(20,10(3)17)14(19)21-8-11-4-6-16-7-5-12(18)13(11)16/h4,9-10,12-13,17-18,20H,5-8H2,1-3H3/t10-,12+,13+,15-/m0/s1. The third-order valence-corrected chi connectivity index (χ3v) is 4.65. The lowest BCUT2D eigenvalue weighted by atomic mass is 9.85. The molecule has 0 aliphatic carbocycles. The second-order valence-corrected chi connectivity index (χ2v) is 6.31. The maximum Gasteiger partial charge on any atom is 0.341 e. The van der Waals surface area contributed by atoms with Gasteiger partial charge in [-0.05, 0) is 24.8 Å². The van der Waals surface area contributed by atoms with Gasteiger partial charge in [-0.1, -0.05) is 19.9 Å². The molecule has 0 bridgehead atoms. The van der Waals surface area contributed by atoms with Crippen molar-refractivity contribution in [2.24, 2.45) is 5.92 Å². The molecule has 21 heavy (non-hydrogen) atoms. The molecule has 0 radical (unpaired) electrons. The second kappa shape index (κ2) is 6.04. The first-order valence-corrected chi connectivity index (χ1v) is 7.47. The number of aliphatic hydroxyl groups is 3. The Labute approximate surface area is 125 Å². The van der Waals surface area contributed by atoms with Crippen LogP contribution in [0.1, 0.15) is 27.2 Å². The first kappa shape index (κ1) is 16.4. The van der Waals surface area contributed by atoms with Crippen LogP contribution in [0, 0.1) is 5.92 Å². The molecular formula is C15H25NO5. The fourth-order valence-corrected chi connectivity index (χ4v) is 3.18. The van der Waals surface area contributed by atoms with Crippen molar-refractivity contribution in [2.45, 2.75) is 51.0 Å². The summed E-state index contributed by atoms with van der Waals surface area (Å²) in [5.41, 5.74) is -1.04. The summed E-state index contributed by atoms with van der Waals surface area (Å²) in [5.74, 6) is -1.28. The number of hydrogen-bond acceptors (Lipinski definition) is 6. The Morgan fingerprint density at radius 3 is 2.76 bits per heavy atom. The molecule has 0 spiro atoms. The number of fused-ring (bicyclic) bond motifs is 1. The minimum Gasteiger partial charge on any atom is -0.459 e. The van der Waals surface area contributed by atoms with Gasteiger partial charge < -0.3 is 20.1 Å². The first-order chi connectivity index (χ1) is 9.78. The number of carbonyl (C=O) groups is 1. The van der Waals surface area contributed by atoms with Crippen LogP contribution < -0.4 is 0 Å². The molecule has 0 aromatic heterocycles. The van der Waals surface area contributed by atoms with E-state index in [0.29, 0.717) is 0 Å². The van der Waals surface area contributed by atoms with Gasteiger partial charge in [0, 0.05) is 13.1 Å². The number of esters is 1. The van der Waals surface area contributed by atoms with E-state index in [9.17, 15) is 20.1 Å². The van der Waals surface area contributed by atoms with E-state index in [-0.39, 0.29) is 12.6 Å². The quantitative estimate of drug-likeness (QED) is 0.476. The van der Waals surface area contributed by atoms with Crippen molar-refractivity contribution < 1.29 is 24.9 Å². The van der Waals surface area contributed by atoms with Gasteiger partial charge in [0.2, 0.25) is 0 Å². The third kappa shape index (κ3) is 2.85. The van der Waals surface area contributed by atoms with Crippen molar-refractivity contribution >= 4 is 5.97 Å². The molecule has 0 amide bonds. The molecule has 2 rings (SSSR count). The Kier molecular flexibility index (Phi) is 4.72. The number of rotatable bonds is 5. The van der Waals surface area contributed by atoms with Gasteiger partial charge in [0.05, 0.1) is 18.2 Å². The Bertz CT molecular complexity index is 424. The van der Waals surface area contributed by atoms with Crippen molar-refractivity contribution in [1.82, 2.24) is 4.90 Å². The normalized spacial score (nSPS) is 30.0. The van der Waals surface area contributed by atoms with Crippen LogP contribution in [0.3, 0.4) is 0 Å². The van der Waals surface area contributed by atoms with Crippen LogP contribution >= 0.6 is 0 Å². The molecule has 1 saturated heterocycles. The monoisotopic (exact) mass is 299 g/mol. The molecule has 6 nitrogen and oxygen atoms in total. The molecule has 120 valence electrons. The summed E-state index contributed by atoms with van der Waals surface area (Å²) in [7, 11) is 0. The van der Waals surface area contributed by atoms with Gasteiger partial charge in [0.15, 0.2) is 5.60 Å². The number of aliphatic hydroxyl groups excluding tert-OH is 2. The maximum atomic E-state index is 12.1. The number of carbonyl (C=O) groups excluding carboxylic acids is 1. The van der Waals surface area contributed by atoms with Crippen LogP contribution in [0.25, 0.3) is 0 Å². The molecule has 1 fully saturated rings. The van der Waals surface area contributed by atoms with Crippen LogP contribution in [-0.4, -0.2) is 69.7 Å². The van der Waals surface area contributed by atoms with E-state index in [0.717, 1.165) is 25.1 Å². The van der Waals surface area contributed by atoms with Gasteiger partial charge in [0.1, 0.15) is 6.61 Å². The molecule has 0 aromatic carbocycles. The summed E-state index contributed by atoms with van der Waals surface area (Å²) in [4.78, 5) is 14.3. The molecule has 3 N–H and O–H groups in total. The molecule has 2 heterocycles. The smallest absolute Gasteiger partial charge is 0.341 e. The fourth-order valence-electron chi connectivity index (χ4n) is 3.18. The van der Waals surface area contributed by atoms with Gasteiger partial charge in [-0.25, -0.2) is 4.79 Å². The number of hydrogen-bond donors (Lipinski definition) is 3. The molecule has 0 aromatic rings. The predicted molar refractivity (Wildman–Crippen MR) is 76.5 cm³/mol. The topological polar surface area (TPSA) is 90.2 Å². The van der Waals surface area contributed by atoms with Crippen LogP contribution in [0.5, 0.6) is 0 Å². The van der Waals surface area contributed by atoms with Gasteiger partial charge in [-0.15, -0.1) is 0 Å². The summed E-state index contributed by atoms with van der Waals surface area (Å²) in [6, 6.07) is -0.0866. The Hall–Kier alpha value is -0.950. The zero-order valence-corrected chi connectivity index (χ0v) is 12.8. The van der Waals surface area contributed by atoms with Crippen molar-refractivity contribution in [1.29, 1.82) is 0 Å². The molecule has 2 aliphatic heterocycles. The Morgan fingerprint density at radius 1 is 1.52 bits per heavy atom. The maximum absolute atomic E-state index is 12.1. The molecule has 0 unspecified atom stereocenters. The minimum absolute atomic E-state index is 0.0405. The lowest BCUT2D eigenvalue weighted by molar-refractivity contribution is -0.183. The molecule has 4 atom stereocenters. The van der Waals surface area contributed by atoms with Crippen molar-refractivity contribution in [3.05, 3.63) is 11.6 Å². The van der Waals surface area contributed by atoms with Crippen molar-refractivity contribution in [3.8, 4) is 0 Å². The highest BCUT2D eigenvalue weighted by Crippen LogP contribution is 2.30. The average Bonchev–Trinajstić information content (AvgIpc) is 2.98. The van der Waals surface area contributed by atoms with E-state index in [4.69, 9.17) is 4.74 Å². The van der Waals surface area contributed by atoms with E-state index >= 15 is 0 Å². The van der Waals surface area contributed by atoms with Gasteiger partial charge >= 0.3 is 5.97 Å². The van der Waals surface area contributed by atoms with Crippen LogP contribution in [0.2, 0.25) is 0 Å². The summed E-state index contributed by atoms with van der Waals surface area (Å²) < 4.78 is 5.22. The minimum atomic E-state index is -1.91. The zero-order valence-electron chi connectivity index (χ0n) is 12.8. The molecular weight excluding hydrogens is 274 g/mol. The Morgan fingerprint density at radius 2 is 2.19 bits per heavy atom. The molecule has 0 saturated carbocycles. The van der Waals surface area contributed by atoms with Crippen LogP contribution in [0.15, 0.2) is 11.6 Å². The highest BCUT2D eigenvalue weighted by atomic mass is 16.6. The van der Waals surface area contributed by atoms with Gasteiger partial charge in [-0.2, -0.15) is 0 Å². The summed E-state index contributed by atoms with van der Waals surface area (Å²) in [6.45, 7) is 6.32. The highest BCUT2D eigenvalue weighted by Gasteiger charge is 2.46. The van der Waals surface area contributed by atoms with E-state index in [2.05, 4.69) is 4.90 Å². The summed E-state index contributed by atoms with van der Waals surface area (Å²) >= 11 is 0. The number of nitrogens with zero attached hydrogens (tertiary/aromatic N) is 1. The predicted octanol–water partition coefficient (Wildman–Crippen LogP) is -0.327. The Balaban J connectivity index is 1.98. The van der Waals surface area contributed by atoms with Crippen molar-refractivity contribution in [2.75, 3.05) is 19.7 Å². The first-order valence-electron chi connectivity index (χ1n) is 7.47. The number of ether oxygens (including phenoxy) is 1. The fraction of sp³-hybridized carbons (Fsp3) is 0.800. The largest absolute Gasteiger partial charge is 0.459 e. The van der Waals surface area contributed by atoms with E-state index in [1.165, 1.54) is 6.92 Å². The average molecular weight is 299 g/mol. The summed E-state index contributed by atoms with van der Waals surface area (Å²) in [5, 5.41) is 30.0. The third-order valence-electron chi connectivity index (χ3n) is 4.65. The second-order valence-electron chi connectivity index (χ2n) is 6.31. The SMILES string of the molecule is CC(C)[C@@](O)(C(=O)OCC1=CCN2CC[C@@H](O)[C@@H]12)[C@H](C)O. The van der Waals surface area contributed by atoms with Crippen molar-refractivity contribution in [3.63, 3.8) is 0 Å².